The quantitative estimate of drug-likeness (QED) is 0.494. The number of amides is 4. The highest BCUT2D eigenvalue weighted by atomic mass is 35.5. The first-order valence-corrected chi connectivity index (χ1v) is 12.5. The molecule has 184 valence electrons. The number of phenolic OH excluding ortho intramolecular Hbond substituents is 1. The molecule has 4 amide bonds. The van der Waals surface area contributed by atoms with Crippen molar-refractivity contribution in [2.45, 2.75) is 25.7 Å². The Hall–Kier alpha value is -3.45. The molecule has 1 N–H and O–H groups in total. The molecule has 2 heterocycles. The Morgan fingerprint density at radius 3 is 2.39 bits per heavy atom. The summed E-state index contributed by atoms with van der Waals surface area (Å²) in [6.45, 7) is 1.81. The molecule has 0 unspecified atom stereocenters. The first kappa shape index (κ1) is 23.0. The minimum atomic E-state index is -1.15. The summed E-state index contributed by atoms with van der Waals surface area (Å²) >= 11 is 6.64. The Morgan fingerprint density at radius 1 is 0.972 bits per heavy atom. The number of para-hydroxylation sites is 1. The summed E-state index contributed by atoms with van der Waals surface area (Å²) in [4.78, 5) is 56.5. The number of carbonyl (C=O) groups excluding carboxylic acids is 4. The molecule has 2 aliphatic heterocycles. The van der Waals surface area contributed by atoms with Gasteiger partial charge in [-0.25, -0.2) is 4.90 Å². The average molecular weight is 505 g/mol. The largest absolute Gasteiger partial charge is 0.508 e. The summed E-state index contributed by atoms with van der Waals surface area (Å²) in [5.74, 6) is -3.76. The van der Waals surface area contributed by atoms with Crippen LogP contribution in [-0.2, 0) is 19.2 Å². The number of aromatic hydroxyl groups is 1. The molecule has 6 atom stereocenters. The fourth-order valence-electron chi connectivity index (χ4n) is 7.09. The molecule has 8 heteroatoms. The van der Waals surface area contributed by atoms with Gasteiger partial charge in [0.2, 0.25) is 23.6 Å². The highest BCUT2D eigenvalue weighted by molar-refractivity contribution is 6.32. The van der Waals surface area contributed by atoms with Gasteiger partial charge in [-0.2, -0.15) is 0 Å². The number of carbonyl (C=O) groups is 4. The van der Waals surface area contributed by atoms with Crippen LogP contribution in [0, 0.1) is 29.1 Å². The van der Waals surface area contributed by atoms with Crippen LogP contribution in [0.1, 0.15) is 31.2 Å². The predicted molar refractivity (Wildman–Crippen MR) is 132 cm³/mol. The van der Waals surface area contributed by atoms with Gasteiger partial charge in [-0.3, -0.25) is 24.1 Å². The number of benzene rings is 2. The summed E-state index contributed by atoms with van der Waals surface area (Å²) in [7, 11) is 1.51. The van der Waals surface area contributed by atoms with Crippen molar-refractivity contribution >= 4 is 40.9 Å². The molecule has 0 spiro atoms. The number of anilines is 1. The first-order chi connectivity index (χ1) is 17.2. The zero-order valence-electron chi connectivity index (χ0n) is 19.8. The van der Waals surface area contributed by atoms with Gasteiger partial charge in [-0.15, -0.1) is 0 Å². The van der Waals surface area contributed by atoms with E-state index in [1.165, 1.54) is 29.0 Å². The first-order valence-electron chi connectivity index (χ1n) is 12.1. The summed E-state index contributed by atoms with van der Waals surface area (Å²) in [5, 5.41) is 10.3. The second-order valence-electron chi connectivity index (χ2n) is 10.4. The average Bonchev–Trinajstić information content (AvgIpc) is 3.20. The third kappa shape index (κ3) is 2.86. The van der Waals surface area contributed by atoms with Crippen molar-refractivity contribution in [2.24, 2.45) is 29.1 Å². The maximum atomic E-state index is 14.2. The van der Waals surface area contributed by atoms with Crippen LogP contribution in [0.2, 0.25) is 5.02 Å². The maximum Gasteiger partial charge on any atom is 0.241 e. The van der Waals surface area contributed by atoms with E-state index in [0.29, 0.717) is 24.1 Å². The van der Waals surface area contributed by atoms with Crippen molar-refractivity contribution in [1.29, 1.82) is 0 Å². The van der Waals surface area contributed by atoms with Gasteiger partial charge in [-0.1, -0.05) is 47.5 Å². The lowest BCUT2D eigenvalue weighted by Crippen LogP contribution is -2.48. The Kier molecular flexibility index (Phi) is 4.96. The molecule has 2 saturated heterocycles. The van der Waals surface area contributed by atoms with Crippen molar-refractivity contribution < 1.29 is 24.3 Å². The van der Waals surface area contributed by atoms with Crippen molar-refractivity contribution in [1.82, 2.24) is 4.90 Å². The Bertz CT molecular complexity index is 1370. The fraction of sp³-hybridized carbons (Fsp3) is 0.357. The van der Waals surface area contributed by atoms with E-state index < -0.39 is 29.1 Å². The lowest BCUT2D eigenvalue weighted by Gasteiger charge is -2.49. The van der Waals surface area contributed by atoms with E-state index in [0.717, 1.165) is 5.57 Å². The summed E-state index contributed by atoms with van der Waals surface area (Å²) < 4.78 is 0. The van der Waals surface area contributed by atoms with E-state index in [-0.39, 0.29) is 40.3 Å². The van der Waals surface area contributed by atoms with Gasteiger partial charge in [-0.05, 0) is 55.5 Å². The standard InChI is InChI=1S/C28H25ClN2O5/c1-28-20(25(34)31(27(28)36)14-6-4-3-5-7-14)13-19-16(23(28)17-9-8-15(32)12-21(17)29)10-11-18-22(19)26(35)30(2)24(18)33/h3-10,12,18-20,22-23,32H,11,13H2,1-2H3/t18-,19+,20-,22-,23+,28+/m0/s1. The van der Waals surface area contributed by atoms with Gasteiger partial charge >= 0.3 is 0 Å². The Labute approximate surface area is 213 Å². The summed E-state index contributed by atoms with van der Waals surface area (Å²) in [6.07, 6.45) is 2.67. The molecule has 4 aliphatic rings. The number of hydrogen-bond donors (Lipinski definition) is 1. The van der Waals surface area contributed by atoms with E-state index in [4.69, 9.17) is 11.6 Å². The normalized spacial score (nSPS) is 33.4. The SMILES string of the molecule is CN1C(=O)[C@H]2[C@H](CC=C3[C@H]2C[C@H]2C(=O)N(c4ccccc4)C(=O)[C@@]2(C)[C@H]3c2ccc(O)cc2Cl)C1=O. The van der Waals surface area contributed by atoms with Gasteiger partial charge in [0, 0.05) is 18.0 Å². The third-order valence-corrected chi connectivity index (χ3v) is 9.13. The van der Waals surface area contributed by atoms with Crippen molar-refractivity contribution in [3.05, 3.63) is 70.8 Å². The molecular formula is C28H25ClN2O5. The predicted octanol–water partition coefficient (Wildman–Crippen LogP) is 3.91. The van der Waals surface area contributed by atoms with Crippen LogP contribution in [0.4, 0.5) is 5.69 Å². The number of hydrogen-bond acceptors (Lipinski definition) is 5. The minimum absolute atomic E-state index is 0.00608. The van der Waals surface area contributed by atoms with Crippen molar-refractivity contribution in [2.75, 3.05) is 11.9 Å². The topological polar surface area (TPSA) is 95.0 Å². The molecular weight excluding hydrogens is 480 g/mol. The van der Waals surface area contributed by atoms with E-state index in [1.54, 1.807) is 30.3 Å². The number of nitrogens with zero attached hydrogens (tertiary/aromatic N) is 2. The van der Waals surface area contributed by atoms with Crippen LogP contribution in [0.5, 0.6) is 5.75 Å². The van der Waals surface area contributed by atoms with Gasteiger partial charge in [0.05, 0.1) is 28.9 Å². The second kappa shape index (κ2) is 7.77. The van der Waals surface area contributed by atoms with E-state index >= 15 is 0 Å². The molecule has 2 aromatic carbocycles. The number of rotatable bonds is 2. The van der Waals surface area contributed by atoms with Crippen LogP contribution in [-0.4, -0.2) is 40.7 Å². The van der Waals surface area contributed by atoms with Crippen LogP contribution < -0.4 is 4.90 Å². The van der Waals surface area contributed by atoms with Gasteiger partial charge in [0.25, 0.3) is 0 Å². The van der Waals surface area contributed by atoms with Crippen molar-refractivity contribution in [3.8, 4) is 5.75 Å². The number of fused-ring (bicyclic) bond motifs is 4. The van der Waals surface area contributed by atoms with E-state index in [9.17, 15) is 24.3 Å². The van der Waals surface area contributed by atoms with Crippen LogP contribution in [0.3, 0.4) is 0 Å². The lowest BCUT2D eigenvalue weighted by atomic mass is 9.51. The molecule has 0 aromatic heterocycles. The molecule has 3 fully saturated rings. The smallest absolute Gasteiger partial charge is 0.241 e. The van der Waals surface area contributed by atoms with Crippen LogP contribution in [0.15, 0.2) is 60.2 Å². The zero-order chi connectivity index (χ0) is 25.5. The number of halogens is 1. The molecule has 2 aliphatic carbocycles. The summed E-state index contributed by atoms with van der Waals surface area (Å²) in [6, 6.07) is 13.5. The lowest BCUT2D eigenvalue weighted by molar-refractivity contribution is -0.138. The molecule has 0 bridgehead atoms. The maximum absolute atomic E-state index is 14.2. The van der Waals surface area contributed by atoms with Crippen LogP contribution in [0.25, 0.3) is 0 Å². The molecule has 36 heavy (non-hydrogen) atoms. The van der Waals surface area contributed by atoms with Gasteiger partial charge < -0.3 is 5.11 Å². The number of phenols is 1. The fourth-order valence-corrected chi connectivity index (χ4v) is 7.37. The number of likely N-dealkylation sites (tertiary alicyclic amines) is 1. The monoisotopic (exact) mass is 504 g/mol. The van der Waals surface area contributed by atoms with Gasteiger partial charge in [0.1, 0.15) is 5.75 Å². The van der Waals surface area contributed by atoms with E-state index in [1.807, 2.05) is 19.1 Å². The molecule has 0 radical (unpaired) electrons. The molecule has 1 saturated carbocycles. The van der Waals surface area contributed by atoms with Crippen molar-refractivity contribution in [3.63, 3.8) is 0 Å². The molecule has 2 aromatic rings. The van der Waals surface area contributed by atoms with Crippen LogP contribution >= 0.6 is 11.6 Å². The van der Waals surface area contributed by atoms with Gasteiger partial charge in [0.15, 0.2) is 0 Å². The Morgan fingerprint density at radius 2 is 1.69 bits per heavy atom. The third-order valence-electron chi connectivity index (χ3n) is 8.80. The highest BCUT2D eigenvalue weighted by Crippen LogP contribution is 2.64. The van der Waals surface area contributed by atoms with E-state index in [2.05, 4.69) is 0 Å². The Balaban J connectivity index is 1.56. The second-order valence-corrected chi connectivity index (χ2v) is 10.8. The highest BCUT2D eigenvalue weighted by Gasteiger charge is 2.67. The molecule has 7 nitrogen and oxygen atoms in total. The molecule has 6 rings (SSSR count). The minimum Gasteiger partial charge on any atom is -0.508 e. The summed E-state index contributed by atoms with van der Waals surface area (Å²) in [5.41, 5.74) is 0.841. The zero-order valence-corrected chi connectivity index (χ0v) is 20.6. The number of allylic oxidation sites excluding steroid dienone is 2. The number of imide groups is 2.